The molecule has 0 aromatic rings. The highest BCUT2D eigenvalue weighted by Crippen LogP contribution is 2.01. The van der Waals surface area contributed by atoms with Gasteiger partial charge in [-0.3, -0.25) is 9.69 Å². The van der Waals surface area contributed by atoms with Gasteiger partial charge in [-0.2, -0.15) is 0 Å². The molecule has 0 aromatic heterocycles. The Morgan fingerprint density at radius 3 is 2.38 bits per heavy atom. The summed E-state index contributed by atoms with van der Waals surface area (Å²) in [6, 6.07) is 0. The molecule has 16 heavy (non-hydrogen) atoms. The third kappa shape index (κ3) is 6.74. The molecule has 0 aliphatic rings. The van der Waals surface area contributed by atoms with E-state index in [2.05, 4.69) is 0 Å². The molecule has 0 heterocycles. The lowest BCUT2D eigenvalue weighted by molar-refractivity contribution is -0.148. The highest BCUT2D eigenvalue weighted by atomic mass is 32.1. The van der Waals surface area contributed by atoms with Crippen LogP contribution in [0.25, 0.3) is 0 Å². The van der Waals surface area contributed by atoms with Crippen LogP contribution in [0.3, 0.4) is 0 Å². The number of rotatable bonds is 7. The predicted octanol–water partition coefficient (Wildman–Crippen LogP) is 1.18. The smallest absolute Gasteiger partial charge is 0.320 e. The Morgan fingerprint density at radius 1 is 1.44 bits per heavy atom. The summed E-state index contributed by atoms with van der Waals surface area (Å²) in [6.45, 7) is 9.40. The number of likely N-dealkylation sites (N-methyl/N-ethyl adjacent to an activating group) is 1. The van der Waals surface area contributed by atoms with Crippen molar-refractivity contribution in [1.29, 1.82) is 0 Å². The molecule has 94 valence electrons. The average Bonchev–Trinajstić information content (AvgIpc) is 2.14. The monoisotopic (exact) mass is 246 g/mol. The number of carbonyl (C=O) groups excluding carboxylic acids is 1. The van der Waals surface area contributed by atoms with Gasteiger partial charge in [-0.15, -0.1) is 0 Å². The topological polar surface area (TPSA) is 55.6 Å². The number of nitrogens with zero attached hydrogens (tertiary/aromatic N) is 1. The molecule has 0 amide bonds. The molecule has 5 heteroatoms. The lowest BCUT2D eigenvalue weighted by Gasteiger charge is -2.23. The van der Waals surface area contributed by atoms with Crippen LogP contribution < -0.4 is 5.73 Å². The maximum atomic E-state index is 11.4. The van der Waals surface area contributed by atoms with Crippen LogP contribution in [-0.4, -0.2) is 41.6 Å². The second-order valence-electron chi connectivity index (χ2n) is 4.17. The van der Waals surface area contributed by atoms with Crippen molar-refractivity contribution in [2.45, 2.75) is 33.8 Å². The van der Waals surface area contributed by atoms with Crippen molar-refractivity contribution < 1.29 is 9.53 Å². The second kappa shape index (κ2) is 7.57. The standard InChI is InChI=1S/C11H22N2O2S/c1-5-13(6-9(4)11(12)16)7-10(14)15-8(2)3/h8-9H,5-7H2,1-4H3,(H2,12,16). The van der Waals surface area contributed by atoms with E-state index in [1.54, 1.807) is 0 Å². The van der Waals surface area contributed by atoms with Gasteiger partial charge in [-0.1, -0.05) is 26.1 Å². The zero-order valence-electron chi connectivity index (χ0n) is 10.5. The van der Waals surface area contributed by atoms with Crippen molar-refractivity contribution in [3.05, 3.63) is 0 Å². The van der Waals surface area contributed by atoms with Gasteiger partial charge < -0.3 is 10.5 Å². The van der Waals surface area contributed by atoms with Crippen LogP contribution in [0, 0.1) is 5.92 Å². The highest BCUT2D eigenvalue weighted by Gasteiger charge is 2.15. The summed E-state index contributed by atoms with van der Waals surface area (Å²) < 4.78 is 5.08. The summed E-state index contributed by atoms with van der Waals surface area (Å²) in [4.78, 5) is 13.9. The number of nitrogens with two attached hydrogens (primary N) is 1. The van der Waals surface area contributed by atoms with Crippen molar-refractivity contribution in [3.63, 3.8) is 0 Å². The Labute approximate surface area is 103 Å². The second-order valence-corrected chi connectivity index (χ2v) is 4.64. The third-order valence-electron chi connectivity index (χ3n) is 2.18. The van der Waals surface area contributed by atoms with E-state index in [1.807, 2.05) is 32.6 Å². The van der Waals surface area contributed by atoms with Gasteiger partial charge in [0.2, 0.25) is 0 Å². The summed E-state index contributed by atoms with van der Waals surface area (Å²) in [6.07, 6.45) is -0.0702. The zero-order chi connectivity index (χ0) is 12.7. The highest BCUT2D eigenvalue weighted by molar-refractivity contribution is 7.80. The number of hydrogen-bond donors (Lipinski definition) is 1. The van der Waals surface area contributed by atoms with Crippen LogP contribution in [0.15, 0.2) is 0 Å². The quantitative estimate of drug-likeness (QED) is 0.540. The van der Waals surface area contributed by atoms with Crippen molar-refractivity contribution in [2.75, 3.05) is 19.6 Å². The van der Waals surface area contributed by atoms with E-state index in [0.717, 1.165) is 6.54 Å². The molecule has 0 spiro atoms. The molecule has 0 rings (SSSR count). The van der Waals surface area contributed by atoms with E-state index >= 15 is 0 Å². The predicted molar refractivity (Wildman–Crippen MR) is 69.3 cm³/mol. The van der Waals surface area contributed by atoms with Crippen LogP contribution in [0.1, 0.15) is 27.7 Å². The molecule has 0 saturated heterocycles. The Morgan fingerprint density at radius 2 is 2.00 bits per heavy atom. The van der Waals surface area contributed by atoms with E-state index in [9.17, 15) is 4.79 Å². The Bertz CT molecular complexity index is 244. The molecule has 0 aromatic carbocycles. The molecular weight excluding hydrogens is 224 g/mol. The summed E-state index contributed by atoms with van der Waals surface area (Å²) in [7, 11) is 0. The molecule has 0 aliphatic heterocycles. The van der Waals surface area contributed by atoms with Crippen LogP contribution in [0.5, 0.6) is 0 Å². The first kappa shape index (κ1) is 15.3. The lowest BCUT2D eigenvalue weighted by atomic mass is 10.1. The molecule has 0 radical (unpaired) electrons. The first-order valence-electron chi connectivity index (χ1n) is 5.58. The van der Waals surface area contributed by atoms with Gasteiger partial charge in [-0.25, -0.2) is 0 Å². The summed E-state index contributed by atoms with van der Waals surface area (Å²) in [5.74, 6) is -0.0891. The molecule has 0 fully saturated rings. The van der Waals surface area contributed by atoms with E-state index < -0.39 is 0 Å². The largest absolute Gasteiger partial charge is 0.462 e. The van der Waals surface area contributed by atoms with E-state index in [0.29, 0.717) is 18.1 Å². The minimum absolute atomic E-state index is 0.0702. The number of hydrogen-bond acceptors (Lipinski definition) is 4. The summed E-state index contributed by atoms with van der Waals surface area (Å²) in [5, 5.41) is 0. The third-order valence-corrected chi connectivity index (χ3v) is 2.59. The molecule has 0 bridgehead atoms. The summed E-state index contributed by atoms with van der Waals surface area (Å²) >= 11 is 4.90. The van der Waals surface area contributed by atoms with Crippen molar-refractivity contribution in [3.8, 4) is 0 Å². The van der Waals surface area contributed by atoms with Crippen LogP contribution in [0.4, 0.5) is 0 Å². The molecule has 0 saturated carbocycles. The number of carbonyl (C=O) groups is 1. The van der Waals surface area contributed by atoms with Gasteiger partial charge in [0, 0.05) is 12.5 Å². The Hall–Kier alpha value is -0.680. The maximum absolute atomic E-state index is 11.4. The van der Waals surface area contributed by atoms with Crippen molar-refractivity contribution >= 4 is 23.2 Å². The summed E-state index contributed by atoms with van der Waals surface area (Å²) in [5.41, 5.74) is 5.54. The fraction of sp³-hybridized carbons (Fsp3) is 0.818. The molecule has 1 unspecified atom stereocenters. The molecule has 1 atom stereocenters. The first-order chi connectivity index (χ1) is 7.36. The lowest BCUT2D eigenvalue weighted by Crippen LogP contribution is -2.38. The van der Waals surface area contributed by atoms with Crippen molar-refractivity contribution in [1.82, 2.24) is 4.90 Å². The van der Waals surface area contributed by atoms with Crippen LogP contribution in [-0.2, 0) is 9.53 Å². The van der Waals surface area contributed by atoms with Gasteiger partial charge in [0.25, 0.3) is 0 Å². The van der Waals surface area contributed by atoms with Gasteiger partial charge in [0.15, 0.2) is 0 Å². The fourth-order valence-electron chi connectivity index (χ4n) is 1.27. The van der Waals surface area contributed by atoms with Gasteiger partial charge in [-0.05, 0) is 20.4 Å². The Kier molecular flexibility index (Phi) is 7.25. The van der Waals surface area contributed by atoms with Gasteiger partial charge in [0.05, 0.1) is 17.6 Å². The SMILES string of the molecule is CCN(CC(=O)OC(C)C)CC(C)C(N)=S. The van der Waals surface area contributed by atoms with Crippen molar-refractivity contribution in [2.24, 2.45) is 11.7 Å². The average molecular weight is 246 g/mol. The van der Waals surface area contributed by atoms with E-state index in [4.69, 9.17) is 22.7 Å². The molecule has 4 nitrogen and oxygen atoms in total. The number of thiocarbonyl (C=S) groups is 1. The minimum Gasteiger partial charge on any atom is -0.462 e. The minimum atomic E-state index is -0.202. The zero-order valence-corrected chi connectivity index (χ0v) is 11.3. The molecule has 2 N–H and O–H groups in total. The van der Waals surface area contributed by atoms with Gasteiger partial charge >= 0.3 is 5.97 Å². The van der Waals surface area contributed by atoms with E-state index in [1.165, 1.54) is 0 Å². The van der Waals surface area contributed by atoms with Crippen LogP contribution in [0.2, 0.25) is 0 Å². The van der Waals surface area contributed by atoms with Gasteiger partial charge in [0.1, 0.15) is 0 Å². The first-order valence-corrected chi connectivity index (χ1v) is 5.98. The molecular formula is C11H22N2O2S. The number of ether oxygens (including phenoxy) is 1. The number of esters is 1. The fourth-order valence-corrected chi connectivity index (χ4v) is 1.34. The Balaban J connectivity index is 4.09. The molecule has 0 aliphatic carbocycles. The normalized spacial score (nSPS) is 12.9. The van der Waals surface area contributed by atoms with E-state index in [-0.39, 0.29) is 18.0 Å². The van der Waals surface area contributed by atoms with Crippen LogP contribution >= 0.6 is 12.2 Å². The maximum Gasteiger partial charge on any atom is 0.320 e.